The first-order valence-electron chi connectivity index (χ1n) is 11.2. The number of aromatic amines is 1. The van der Waals surface area contributed by atoms with E-state index in [9.17, 15) is 4.79 Å². The van der Waals surface area contributed by atoms with Crippen LogP contribution in [-0.2, 0) is 17.9 Å². The number of benzene rings is 3. The number of rotatable bonds is 9. The molecule has 7 nitrogen and oxygen atoms in total. The number of carbonyl (C=O) groups is 1. The van der Waals surface area contributed by atoms with Crippen LogP contribution in [0, 0.1) is 4.77 Å². The van der Waals surface area contributed by atoms with Gasteiger partial charge in [-0.25, -0.2) is 0 Å². The number of nitrogens with one attached hydrogen (secondary N) is 1. The van der Waals surface area contributed by atoms with Crippen molar-refractivity contribution in [3.8, 4) is 22.9 Å². The minimum atomic E-state index is 0.0376. The number of hydrogen-bond acceptors (Lipinski definition) is 5. The molecule has 8 heteroatoms. The maximum absolute atomic E-state index is 12.9. The summed E-state index contributed by atoms with van der Waals surface area (Å²) in [5, 5.41) is 9.43. The van der Waals surface area contributed by atoms with E-state index >= 15 is 0 Å². The van der Waals surface area contributed by atoms with Crippen molar-refractivity contribution < 1.29 is 14.3 Å². The fourth-order valence-electron chi connectivity index (χ4n) is 3.87. The molecule has 0 aliphatic rings. The van der Waals surface area contributed by atoms with Gasteiger partial charge in [-0.2, -0.15) is 5.10 Å². The lowest BCUT2D eigenvalue weighted by molar-refractivity contribution is -0.130. The van der Waals surface area contributed by atoms with Crippen molar-refractivity contribution in [2.45, 2.75) is 26.4 Å². The number of aromatic nitrogens is 3. The number of nitrogens with zero attached hydrogens (tertiary/aromatic N) is 3. The minimum absolute atomic E-state index is 0.0376. The van der Waals surface area contributed by atoms with Crippen LogP contribution in [0.2, 0.25) is 0 Å². The summed E-state index contributed by atoms with van der Waals surface area (Å²) in [6.07, 6.45) is 0.319. The first kappa shape index (κ1) is 23.5. The van der Waals surface area contributed by atoms with E-state index < -0.39 is 0 Å². The lowest BCUT2D eigenvalue weighted by Gasteiger charge is -2.18. The Morgan fingerprint density at radius 2 is 1.76 bits per heavy atom. The lowest BCUT2D eigenvalue weighted by Crippen LogP contribution is -2.27. The summed E-state index contributed by atoms with van der Waals surface area (Å²) in [4.78, 5) is 14.6. The Balaban J connectivity index is 1.41. The zero-order valence-corrected chi connectivity index (χ0v) is 20.4. The molecule has 0 unspecified atom stereocenters. The van der Waals surface area contributed by atoms with Crippen molar-refractivity contribution >= 4 is 28.9 Å². The van der Waals surface area contributed by atoms with Crippen molar-refractivity contribution in [1.29, 1.82) is 0 Å². The number of H-pyrrole nitrogens is 1. The number of fused-ring (bicyclic) bond motifs is 1. The first-order valence-corrected chi connectivity index (χ1v) is 11.6. The van der Waals surface area contributed by atoms with Crippen molar-refractivity contribution in [2.24, 2.45) is 0 Å². The average molecular weight is 477 g/mol. The molecule has 0 fully saturated rings. The predicted octanol–water partition coefficient (Wildman–Crippen LogP) is 5.22. The van der Waals surface area contributed by atoms with Gasteiger partial charge in [-0.15, -0.1) is 0 Å². The molecule has 0 saturated heterocycles. The fraction of sp³-hybridized carbons (Fsp3) is 0.269. The largest absolute Gasteiger partial charge is 0.497 e. The second-order valence-corrected chi connectivity index (χ2v) is 8.40. The molecule has 176 valence electrons. The Morgan fingerprint density at radius 3 is 2.50 bits per heavy atom. The fourth-order valence-corrected chi connectivity index (χ4v) is 4.09. The molecule has 0 spiro atoms. The van der Waals surface area contributed by atoms with E-state index in [0.29, 0.717) is 36.7 Å². The summed E-state index contributed by atoms with van der Waals surface area (Å²) in [7, 11) is 3.48. The van der Waals surface area contributed by atoms with Crippen LogP contribution in [0.1, 0.15) is 18.9 Å². The second kappa shape index (κ2) is 10.5. The summed E-state index contributed by atoms with van der Waals surface area (Å²) in [5.74, 6) is 2.37. The van der Waals surface area contributed by atoms with Crippen LogP contribution in [0.3, 0.4) is 0 Å². The summed E-state index contributed by atoms with van der Waals surface area (Å²) in [6.45, 7) is 3.54. The molecule has 1 heterocycles. The van der Waals surface area contributed by atoms with E-state index in [1.54, 1.807) is 12.0 Å². The molecule has 0 saturated carbocycles. The van der Waals surface area contributed by atoms with Crippen LogP contribution < -0.4 is 9.47 Å². The zero-order valence-electron chi connectivity index (χ0n) is 19.6. The van der Waals surface area contributed by atoms with Gasteiger partial charge in [0.1, 0.15) is 11.5 Å². The molecule has 3 aromatic carbocycles. The molecule has 0 bridgehead atoms. The Bertz CT molecular complexity index is 1340. The van der Waals surface area contributed by atoms with Crippen LogP contribution >= 0.6 is 12.2 Å². The number of carbonyl (C=O) groups excluding carboxylic acids is 1. The molecule has 1 N–H and O–H groups in total. The third kappa shape index (κ3) is 5.28. The molecule has 0 aliphatic heterocycles. The highest BCUT2D eigenvalue weighted by atomic mass is 32.1. The van der Waals surface area contributed by atoms with Gasteiger partial charge in [0.05, 0.1) is 13.7 Å². The van der Waals surface area contributed by atoms with Crippen molar-refractivity contribution in [1.82, 2.24) is 19.7 Å². The molecule has 34 heavy (non-hydrogen) atoms. The van der Waals surface area contributed by atoms with Gasteiger partial charge >= 0.3 is 0 Å². The highest BCUT2D eigenvalue weighted by molar-refractivity contribution is 7.71. The molecule has 1 aromatic heterocycles. The van der Waals surface area contributed by atoms with Gasteiger partial charge in [-0.05, 0) is 77.9 Å². The summed E-state index contributed by atoms with van der Waals surface area (Å²) < 4.78 is 13.2. The van der Waals surface area contributed by atoms with Gasteiger partial charge in [0.2, 0.25) is 5.91 Å². The predicted molar refractivity (Wildman–Crippen MR) is 136 cm³/mol. The lowest BCUT2D eigenvalue weighted by atomic mass is 10.1. The van der Waals surface area contributed by atoms with Gasteiger partial charge in [0.25, 0.3) is 0 Å². The van der Waals surface area contributed by atoms with Crippen LogP contribution in [0.4, 0.5) is 0 Å². The SMILES string of the molecule is CCOc1ccc(-c2n[nH]c(=S)n2CCC(=O)N(C)Cc2ccc3cc(OC)ccc3c2)cc1. The Kier molecular flexibility index (Phi) is 7.27. The molecule has 4 rings (SSSR count). The van der Waals surface area contributed by atoms with E-state index in [4.69, 9.17) is 21.7 Å². The normalized spacial score (nSPS) is 10.9. The third-order valence-electron chi connectivity index (χ3n) is 5.69. The Labute approximate surface area is 203 Å². The Hall–Kier alpha value is -3.65. The average Bonchev–Trinajstić information content (AvgIpc) is 3.22. The number of amides is 1. The maximum Gasteiger partial charge on any atom is 0.224 e. The molecule has 0 radical (unpaired) electrons. The van der Waals surface area contributed by atoms with Gasteiger partial charge in [0.15, 0.2) is 10.6 Å². The van der Waals surface area contributed by atoms with Crippen LogP contribution in [-0.4, -0.2) is 46.3 Å². The number of ether oxygens (including phenoxy) is 2. The summed E-state index contributed by atoms with van der Waals surface area (Å²) >= 11 is 5.41. The van der Waals surface area contributed by atoms with Gasteiger partial charge in [-0.3, -0.25) is 14.5 Å². The van der Waals surface area contributed by atoms with E-state index in [-0.39, 0.29) is 5.91 Å². The molecule has 0 aliphatic carbocycles. The van der Waals surface area contributed by atoms with Gasteiger partial charge < -0.3 is 14.4 Å². The quantitative estimate of drug-likeness (QED) is 0.336. The monoisotopic (exact) mass is 476 g/mol. The standard InChI is InChI=1S/C26H28N4O3S/c1-4-33-22-10-7-19(8-11-22)25-27-28-26(34)30(25)14-13-24(31)29(2)17-18-5-6-21-16-23(32-3)12-9-20(21)15-18/h5-12,15-16H,4,13-14,17H2,1-3H3,(H,28,34). The van der Waals surface area contributed by atoms with Crippen LogP contribution in [0.5, 0.6) is 11.5 Å². The third-order valence-corrected chi connectivity index (χ3v) is 6.00. The van der Waals surface area contributed by atoms with Gasteiger partial charge in [-0.1, -0.05) is 18.2 Å². The van der Waals surface area contributed by atoms with E-state index in [2.05, 4.69) is 22.3 Å². The highest BCUT2D eigenvalue weighted by Gasteiger charge is 2.14. The second-order valence-electron chi connectivity index (χ2n) is 8.01. The van der Waals surface area contributed by atoms with E-state index in [1.165, 1.54) is 0 Å². The molecule has 4 aromatic rings. The van der Waals surface area contributed by atoms with Crippen molar-refractivity contribution in [2.75, 3.05) is 20.8 Å². The molecule has 0 atom stereocenters. The number of methoxy groups -OCH3 is 1. The van der Waals surface area contributed by atoms with Crippen LogP contribution in [0.25, 0.3) is 22.2 Å². The Morgan fingerprint density at radius 1 is 1.06 bits per heavy atom. The molecular formula is C26H28N4O3S. The summed E-state index contributed by atoms with van der Waals surface area (Å²) in [6, 6.07) is 19.9. The summed E-state index contributed by atoms with van der Waals surface area (Å²) in [5.41, 5.74) is 1.98. The van der Waals surface area contributed by atoms with E-state index in [0.717, 1.165) is 33.4 Å². The smallest absolute Gasteiger partial charge is 0.224 e. The first-order chi connectivity index (χ1) is 16.5. The molecular weight excluding hydrogens is 448 g/mol. The topological polar surface area (TPSA) is 72.4 Å². The highest BCUT2D eigenvalue weighted by Crippen LogP contribution is 2.23. The van der Waals surface area contributed by atoms with Crippen molar-refractivity contribution in [3.05, 3.63) is 71.0 Å². The van der Waals surface area contributed by atoms with E-state index in [1.807, 2.05) is 67.1 Å². The van der Waals surface area contributed by atoms with Crippen LogP contribution in [0.15, 0.2) is 60.7 Å². The maximum atomic E-state index is 12.9. The van der Waals surface area contributed by atoms with Gasteiger partial charge in [0, 0.05) is 32.1 Å². The molecule has 1 amide bonds. The number of hydrogen-bond donors (Lipinski definition) is 1. The van der Waals surface area contributed by atoms with Crippen molar-refractivity contribution in [3.63, 3.8) is 0 Å². The zero-order chi connectivity index (χ0) is 24.1. The minimum Gasteiger partial charge on any atom is -0.497 e.